The van der Waals surface area contributed by atoms with Crippen molar-refractivity contribution in [1.29, 1.82) is 0 Å². The molecule has 4 N–H and O–H groups in total. The third-order valence-corrected chi connectivity index (χ3v) is 4.24. The number of thiazole rings is 1. The lowest BCUT2D eigenvalue weighted by Gasteiger charge is -2.05. The first kappa shape index (κ1) is 16.8. The molecule has 0 aliphatic heterocycles. The zero-order valence-corrected chi connectivity index (χ0v) is 14.3. The molecule has 128 valence electrons. The van der Waals surface area contributed by atoms with Crippen LogP contribution in [-0.2, 0) is 0 Å². The number of aromatic nitrogens is 1. The molecule has 2 aromatic carbocycles. The highest BCUT2D eigenvalue weighted by Gasteiger charge is 2.11. The van der Waals surface area contributed by atoms with E-state index >= 15 is 0 Å². The molecule has 0 bridgehead atoms. The van der Waals surface area contributed by atoms with E-state index in [0.29, 0.717) is 23.0 Å². The van der Waals surface area contributed by atoms with E-state index in [1.54, 1.807) is 6.07 Å². The van der Waals surface area contributed by atoms with Crippen LogP contribution in [0.3, 0.4) is 0 Å². The van der Waals surface area contributed by atoms with Crippen LogP contribution < -0.4 is 15.8 Å². The summed E-state index contributed by atoms with van der Waals surface area (Å²) in [5, 5.41) is 15.5. The van der Waals surface area contributed by atoms with Crippen LogP contribution in [0.4, 0.5) is 10.8 Å². The molecule has 0 atom stereocenters. The van der Waals surface area contributed by atoms with Gasteiger partial charge in [0.2, 0.25) is 0 Å². The van der Waals surface area contributed by atoms with Crippen LogP contribution in [0.1, 0.15) is 17.3 Å². The van der Waals surface area contributed by atoms with Crippen molar-refractivity contribution in [2.75, 3.05) is 11.9 Å². The Bertz CT molecular complexity index is 891. The third kappa shape index (κ3) is 3.89. The smallest absolute Gasteiger partial charge is 0.252 e. The summed E-state index contributed by atoms with van der Waals surface area (Å²) >= 11 is 1.44. The van der Waals surface area contributed by atoms with Crippen molar-refractivity contribution < 1.29 is 14.6 Å². The quantitative estimate of drug-likeness (QED) is 0.625. The Labute approximate surface area is 148 Å². The molecule has 0 radical (unpaired) electrons. The number of amides is 1. The fourth-order valence-electron chi connectivity index (χ4n) is 2.28. The number of hydrogen-bond acceptors (Lipinski definition) is 6. The van der Waals surface area contributed by atoms with Crippen LogP contribution in [0.25, 0.3) is 11.3 Å². The highest BCUT2D eigenvalue weighted by Crippen LogP contribution is 2.30. The summed E-state index contributed by atoms with van der Waals surface area (Å²) in [6.45, 7) is 2.57. The number of nitrogens with two attached hydrogens (primary N) is 1. The van der Waals surface area contributed by atoms with Gasteiger partial charge in [0.1, 0.15) is 11.5 Å². The Kier molecular flexibility index (Phi) is 4.85. The first-order chi connectivity index (χ1) is 12.1. The number of carbonyl (C=O) groups excluding carboxylic acids is 1. The van der Waals surface area contributed by atoms with E-state index < -0.39 is 5.91 Å². The van der Waals surface area contributed by atoms with Crippen LogP contribution in [0.15, 0.2) is 47.8 Å². The predicted octanol–water partition coefficient (Wildman–Crippen LogP) is 3.76. The van der Waals surface area contributed by atoms with Crippen LogP contribution in [0, 0.1) is 0 Å². The average molecular weight is 355 g/mol. The molecule has 3 rings (SSSR count). The minimum Gasteiger partial charge on any atom is -0.507 e. The summed E-state index contributed by atoms with van der Waals surface area (Å²) in [6, 6.07) is 12.3. The van der Waals surface area contributed by atoms with E-state index in [1.165, 1.54) is 23.5 Å². The number of nitrogens with one attached hydrogen (secondary N) is 1. The molecular weight excluding hydrogens is 338 g/mol. The fourth-order valence-corrected chi connectivity index (χ4v) is 3.02. The number of ether oxygens (including phenoxy) is 1. The van der Waals surface area contributed by atoms with E-state index in [-0.39, 0.29) is 11.3 Å². The van der Waals surface area contributed by atoms with Gasteiger partial charge >= 0.3 is 0 Å². The maximum absolute atomic E-state index is 11.3. The molecule has 0 aliphatic carbocycles. The number of hydrogen-bond donors (Lipinski definition) is 3. The van der Waals surface area contributed by atoms with E-state index in [0.717, 1.165) is 11.4 Å². The van der Waals surface area contributed by atoms with Gasteiger partial charge in [-0.3, -0.25) is 4.79 Å². The summed E-state index contributed by atoms with van der Waals surface area (Å²) in [4.78, 5) is 15.9. The molecule has 0 saturated heterocycles. The van der Waals surface area contributed by atoms with Crippen molar-refractivity contribution in [2.24, 2.45) is 5.73 Å². The SMILES string of the molecule is CCOc1ccc(Nc2nc(-c3ccc(O)c(C(N)=O)c3)cs2)cc1. The van der Waals surface area contributed by atoms with Crippen molar-refractivity contribution in [3.8, 4) is 22.8 Å². The molecular formula is C18H17N3O3S. The zero-order valence-electron chi connectivity index (χ0n) is 13.5. The van der Waals surface area contributed by atoms with Gasteiger partial charge in [-0.1, -0.05) is 0 Å². The van der Waals surface area contributed by atoms with E-state index in [9.17, 15) is 9.90 Å². The number of rotatable bonds is 6. The average Bonchev–Trinajstić information content (AvgIpc) is 3.05. The van der Waals surface area contributed by atoms with Gasteiger partial charge in [-0.05, 0) is 49.4 Å². The number of phenols is 1. The predicted molar refractivity (Wildman–Crippen MR) is 98.6 cm³/mol. The monoisotopic (exact) mass is 355 g/mol. The topological polar surface area (TPSA) is 97.5 Å². The molecule has 1 amide bonds. The fraction of sp³-hybridized carbons (Fsp3) is 0.111. The number of primary amides is 1. The molecule has 1 heterocycles. The molecule has 0 saturated carbocycles. The molecule has 0 unspecified atom stereocenters. The lowest BCUT2D eigenvalue weighted by Crippen LogP contribution is -2.11. The molecule has 7 heteroatoms. The van der Waals surface area contributed by atoms with Crippen LogP contribution in [0.5, 0.6) is 11.5 Å². The highest BCUT2D eigenvalue weighted by molar-refractivity contribution is 7.14. The summed E-state index contributed by atoms with van der Waals surface area (Å²) in [7, 11) is 0. The number of benzene rings is 2. The van der Waals surface area contributed by atoms with Crippen molar-refractivity contribution >= 4 is 28.1 Å². The molecule has 0 fully saturated rings. The number of anilines is 2. The summed E-state index contributed by atoms with van der Waals surface area (Å²) < 4.78 is 5.41. The first-order valence-corrected chi connectivity index (χ1v) is 8.53. The second-order valence-corrected chi connectivity index (χ2v) is 6.07. The molecule has 1 aromatic heterocycles. The maximum atomic E-state index is 11.3. The van der Waals surface area contributed by atoms with E-state index in [1.807, 2.05) is 36.6 Å². The van der Waals surface area contributed by atoms with Gasteiger partial charge in [0.05, 0.1) is 17.9 Å². The minimum absolute atomic E-state index is 0.0755. The molecule has 3 aromatic rings. The van der Waals surface area contributed by atoms with Gasteiger partial charge in [-0.15, -0.1) is 11.3 Å². The summed E-state index contributed by atoms with van der Waals surface area (Å²) in [6.07, 6.45) is 0. The Balaban J connectivity index is 1.78. The van der Waals surface area contributed by atoms with Gasteiger partial charge in [-0.25, -0.2) is 4.98 Å². The Morgan fingerprint density at radius 2 is 2.04 bits per heavy atom. The van der Waals surface area contributed by atoms with Gasteiger partial charge in [-0.2, -0.15) is 0 Å². The second kappa shape index (κ2) is 7.23. The van der Waals surface area contributed by atoms with Crippen molar-refractivity contribution in [3.63, 3.8) is 0 Å². The Morgan fingerprint density at radius 3 is 2.72 bits per heavy atom. The standard InChI is InChI=1S/C18H17N3O3S/c1-2-24-13-6-4-12(5-7-13)20-18-21-15(10-25-18)11-3-8-16(22)14(9-11)17(19)23/h3-10,22H,2H2,1H3,(H2,19,23)(H,20,21). The van der Waals surface area contributed by atoms with Crippen molar-refractivity contribution in [2.45, 2.75) is 6.92 Å². The zero-order chi connectivity index (χ0) is 17.8. The number of aromatic hydroxyl groups is 1. The van der Waals surface area contributed by atoms with Crippen molar-refractivity contribution in [3.05, 3.63) is 53.4 Å². The third-order valence-electron chi connectivity index (χ3n) is 3.48. The minimum atomic E-state index is -0.678. The number of nitrogens with zero attached hydrogens (tertiary/aromatic N) is 1. The van der Waals surface area contributed by atoms with Gasteiger partial charge < -0.3 is 20.9 Å². The van der Waals surface area contributed by atoms with Gasteiger partial charge in [0.15, 0.2) is 5.13 Å². The second-order valence-electron chi connectivity index (χ2n) is 5.22. The molecule has 0 aliphatic rings. The molecule has 0 spiro atoms. The van der Waals surface area contributed by atoms with Crippen LogP contribution >= 0.6 is 11.3 Å². The number of carbonyl (C=O) groups is 1. The molecule has 6 nitrogen and oxygen atoms in total. The Hall–Kier alpha value is -3.06. The highest BCUT2D eigenvalue weighted by atomic mass is 32.1. The summed E-state index contributed by atoms with van der Waals surface area (Å²) in [5.74, 6) is -0.00233. The van der Waals surface area contributed by atoms with Crippen LogP contribution in [-0.4, -0.2) is 22.6 Å². The van der Waals surface area contributed by atoms with Crippen LogP contribution in [0.2, 0.25) is 0 Å². The lowest BCUT2D eigenvalue weighted by molar-refractivity contribution is 0.0998. The first-order valence-electron chi connectivity index (χ1n) is 7.65. The van der Waals surface area contributed by atoms with E-state index in [4.69, 9.17) is 10.5 Å². The van der Waals surface area contributed by atoms with Crippen molar-refractivity contribution in [1.82, 2.24) is 4.98 Å². The maximum Gasteiger partial charge on any atom is 0.252 e. The van der Waals surface area contributed by atoms with E-state index in [2.05, 4.69) is 10.3 Å². The Morgan fingerprint density at radius 1 is 1.28 bits per heavy atom. The van der Waals surface area contributed by atoms with Gasteiger partial charge in [0.25, 0.3) is 5.91 Å². The normalized spacial score (nSPS) is 10.4. The molecule has 25 heavy (non-hydrogen) atoms. The lowest BCUT2D eigenvalue weighted by atomic mass is 10.1. The largest absolute Gasteiger partial charge is 0.507 e. The van der Waals surface area contributed by atoms with Gasteiger partial charge in [0, 0.05) is 16.6 Å². The summed E-state index contributed by atoms with van der Waals surface area (Å²) in [5.41, 5.74) is 7.64.